The molecule has 25 heavy (non-hydrogen) atoms. The lowest BCUT2D eigenvalue weighted by atomic mass is 10.0. The molecule has 4 rings (SSSR count). The predicted molar refractivity (Wildman–Crippen MR) is 98.6 cm³/mol. The number of para-hydroxylation sites is 2. The Morgan fingerprint density at radius 3 is 2.68 bits per heavy atom. The highest BCUT2D eigenvalue weighted by atomic mass is 16.5. The smallest absolute Gasteiger partial charge is 0.226 e. The number of carbonyl (C=O) groups excluding carboxylic acids is 1. The molecule has 1 aliphatic rings. The van der Waals surface area contributed by atoms with Crippen LogP contribution >= 0.6 is 0 Å². The van der Waals surface area contributed by atoms with Gasteiger partial charge in [-0.05, 0) is 30.2 Å². The molecular formula is C21H22N2O2. The second-order valence-electron chi connectivity index (χ2n) is 6.48. The van der Waals surface area contributed by atoms with E-state index in [0.717, 1.165) is 18.7 Å². The molecule has 0 bridgehead atoms. The van der Waals surface area contributed by atoms with Gasteiger partial charge in [0.2, 0.25) is 5.91 Å². The molecule has 1 aromatic heterocycles. The first-order chi connectivity index (χ1) is 12.2. The van der Waals surface area contributed by atoms with Crippen molar-refractivity contribution in [3.63, 3.8) is 0 Å². The third-order valence-electron chi connectivity index (χ3n) is 5.00. The molecular weight excluding hydrogens is 312 g/mol. The third kappa shape index (κ3) is 3.00. The SMILES string of the molecule is Cn1c2c(c3ccccc31)CCN(C(=O)CCOc1ccccc1)C2. The number of hydrogen-bond acceptors (Lipinski definition) is 2. The fraction of sp³-hybridized carbons (Fsp3) is 0.286. The Balaban J connectivity index is 1.42. The Kier molecular flexibility index (Phi) is 4.18. The number of aryl methyl sites for hydroxylation is 1. The van der Waals surface area contributed by atoms with Crippen molar-refractivity contribution in [1.29, 1.82) is 0 Å². The van der Waals surface area contributed by atoms with Crippen LogP contribution in [-0.2, 0) is 24.8 Å². The zero-order valence-corrected chi connectivity index (χ0v) is 14.4. The van der Waals surface area contributed by atoms with Crippen LogP contribution in [0.3, 0.4) is 0 Å². The average Bonchev–Trinajstić information content (AvgIpc) is 2.95. The number of fused-ring (bicyclic) bond motifs is 3. The molecule has 0 saturated carbocycles. The van der Waals surface area contributed by atoms with Gasteiger partial charge in [-0.15, -0.1) is 0 Å². The molecule has 2 aromatic carbocycles. The van der Waals surface area contributed by atoms with E-state index in [2.05, 4.69) is 35.9 Å². The number of nitrogens with zero attached hydrogens (tertiary/aromatic N) is 2. The van der Waals surface area contributed by atoms with E-state index in [0.29, 0.717) is 19.6 Å². The fourth-order valence-corrected chi connectivity index (χ4v) is 3.66. The lowest BCUT2D eigenvalue weighted by Gasteiger charge is -2.28. The first-order valence-electron chi connectivity index (χ1n) is 8.75. The molecule has 0 unspecified atom stereocenters. The molecule has 0 spiro atoms. The number of ether oxygens (including phenoxy) is 1. The number of aromatic nitrogens is 1. The summed E-state index contributed by atoms with van der Waals surface area (Å²) in [5, 5.41) is 1.32. The highest BCUT2D eigenvalue weighted by molar-refractivity contribution is 5.86. The van der Waals surface area contributed by atoms with Gasteiger partial charge in [-0.3, -0.25) is 4.79 Å². The van der Waals surface area contributed by atoms with Crippen molar-refractivity contribution in [2.24, 2.45) is 7.05 Å². The molecule has 1 amide bonds. The molecule has 4 heteroatoms. The third-order valence-corrected chi connectivity index (χ3v) is 5.00. The maximum Gasteiger partial charge on any atom is 0.226 e. The first kappa shape index (κ1) is 15.8. The Morgan fingerprint density at radius 1 is 1.08 bits per heavy atom. The lowest BCUT2D eigenvalue weighted by molar-refractivity contribution is -0.132. The number of hydrogen-bond donors (Lipinski definition) is 0. The second-order valence-corrected chi connectivity index (χ2v) is 6.48. The van der Waals surface area contributed by atoms with Gasteiger partial charge in [0.05, 0.1) is 19.6 Å². The van der Waals surface area contributed by atoms with Crippen molar-refractivity contribution in [2.75, 3.05) is 13.2 Å². The number of carbonyl (C=O) groups is 1. The Morgan fingerprint density at radius 2 is 1.84 bits per heavy atom. The van der Waals surface area contributed by atoms with Crippen molar-refractivity contribution in [1.82, 2.24) is 9.47 Å². The number of amides is 1. The maximum atomic E-state index is 12.6. The highest BCUT2D eigenvalue weighted by Crippen LogP contribution is 2.30. The van der Waals surface area contributed by atoms with Crippen LogP contribution in [0.1, 0.15) is 17.7 Å². The van der Waals surface area contributed by atoms with E-state index in [9.17, 15) is 4.79 Å². The van der Waals surface area contributed by atoms with Crippen molar-refractivity contribution >= 4 is 16.8 Å². The van der Waals surface area contributed by atoms with Gasteiger partial charge in [-0.2, -0.15) is 0 Å². The lowest BCUT2D eigenvalue weighted by Crippen LogP contribution is -2.37. The minimum Gasteiger partial charge on any atom is -0.493 e. The highest BCUT2D eigenvalue weighted by Gasteiger charge is 2.25. The van der Waals surface area contributed by atoms with Crippen LogP contribution < -0.4 is 4.74 Å². The van der Waals surface area contributed by atoms with E-state index in [1.165, 1.54) is 22.2 Å². The van der Waals surface area contributed by atoms with Crippen LogP contribution in [0.25, 0.3) is 10.9 Å². The van der Waals surface area contributed by atoms with Gasteiger partial charge in [0.1, 0.15) is 5.75 Å². The van der Waals surface area contributed by atoms with Gasteiger partial charge in [-0.1, -0.05) is 36.4 Å². The van der Waals surface area contributed by atoms with E-state index in [-0.39, 0.29) is 5.91 Å². The standard InChI is InChI=1S/C21H22N2O2/c1-22-19-10-6-5-9-17(19)18-11-13-23(15-20(18)22)21(24)12-14-25-16-7-3-2-4-8-16/h2-10H,11-15H2,1H3. The van der Waals surface area contributed by atoms with Crippen LogP contribution in [-0.4, -0.2) is 28.5 Å². The van der Waals surface area contributed by atoms with Gasteiger partial charge in [0, 0.05) is 30.2 Å². The van der Waals surface area contributed by atoms with Crippen LogP contribution in [0.4, 0.5) is 0 Å². The summed E-state index contributed by atoms with van der Waals surface area (Å²) in [7, 11) is 2.09. The summed E-state index contributed by atoms with van der Waals surface area (Å²) < 4.78 is 7.88. The Hall–Kier alpha value is -2.75. The molecule has 0 fully saturated rings. The van der Waals surface area contributed by atoms with Gasteiger partial charge < -0.3 is 14.2 Å². The van der Waals surface area contributed by atoms with Gasteiger partial charge >= 0.3 is 0 Å². The second kappa shape index (κ2) is 6.63. The van der Waals surface area contributed by atoms with Crippen LogP contribution in [0.2, 0.25) is 0 Å². The summed E-state index contributed by atoms with van der Waals surface area (Å²) >= 11 is 0. The summed E-state index contributed by atoms with van der Waals surface area (Å²) in [6.07, 6.45) is 1.33. The quantitative estimate of drug-likeness (QED) is 0.731. The zero-order valence-electron chi connectivity index (χ0n) is 14.4. The molecule has 3 aromatic rings. The molecule has 2 heterocycles. The Labute approximate surface area is 147 Å². The monoisotopic (exact) mass is 334 g/mol. The number of benzene rings is 2. The predicted octanol–water partition coefficient (Wildman–Crippen LogP) is 3.53. The minimum atomic E-state index is 0.159. The Bertz CT molecular complexity index is 899. The largest absolute Gasteiger partial charge is 0.493 e. The summed E-state index contributed by atoms with van der Waals surface area (Å²) in [5.41, 5.74) is 3.89. The first-order valence-corrected chi connectivity index (χ1v) is 8.75. The van der Waals surface area contributed by atoms with Crippen molar-refractivity contribution in [3.8, 4) is 5.75 Å². The molecule has 0 saturated heterocycles. The summed E-state index contributed by atoms with van der Waals surface area (Å²) in [5.74, 6) is 0.969. The zero-order chi connectivity index (χ0) is 17.2. The van der Waals surface area contributed by atoms with Crippen molar-refractivity contribution in [3.05, 3.63) is 65.9 Å². The van der Waals surface area contributed by atoms with Gasteiger partial charge in [0.25, 0.3) is 0 Å². The summed E-state index contributed by atoms with van der Waals surface area (Å²) in [4.78, 5) is 14.5. The van der Waals surface area contributed by atoms with Gasteiger partial charge in [0.15, 0.2) is 0 Å². The molecule has 4 nitrogen and oxygen atoms in total. The van der Waals surface area contributed by atoms with E-state index in [1.54, 1.807) is 0 Å². The average molecular weight is 334 g/mol. The molecule has 128 valence electrons. The van der Waals surface area contributed by atoms with Crippen LogP contribution in [0.5, 0.6) is 5.75 Å². The maximum absolute atomic E-state index is 12.6. The van der Waals surface area contributed by atoms with E-state index in [4.69, 9.17) is 4.74 Å². The van der Waals surface area contributed by atoms with Crippen molar-refractivity contribution in [2.45, 2.75) is 19.4 Å². The molecule has 0 N–H and O–H groups in total. The molecule has 0 radical (unpaired) electrons. The van der Waals surface area contributed by atoms with Gasteiger partial charge in [-0.25, -0.2) is 0 Å². The fourth-order valence-electron chi connectivity index (χ4n) is 3.66. The van der Waals surface area contributed by atoms with Crippen LogP contribution in [0, 0.1) is 0 Å². The topological polar surface area (TPSA) is 34.5 Å². The molecule has 1 aliphatic heterocycles. The number of rotatable bonds is 4. The normalized spacial score (nSPS) is 13.7. The molecule has 0 atom stereocenters. The van der Waals surface area contributed by atoms with E-state index >= 15 is 0 Å². The summed E-state index contributed by atoms with van der Waals surface area (Å²) in [6.45, 7) is 1.89. The minimum absolute atomic E-state index is 0.159. The summed E-state index contributed by atoms with van der Waals surface area (Å²) in [6, 6.07) is 18.1. The van der Waals surface area contributed by atoms with Crippen molar-refractivity contribution < 1.29 is 9.53 Å². The van der Waals surface area contributed by atoms with E-state index in [1.807, 2.05) is 35.2 Å². The van der Waals surface area contributed by atoms with Crippen LogP contribution in [0.15, 0.2) is 54.6 Å². The molecule has 0 aliphatic carbocycles. The van der Waals surface area contributed by atoms with E-state index < -0.39 is 0 Å².